The first-order valence-electron chi connectivity index (χ1n) is 7.59. The highest BCUT2D eigenvalue weighted by Crippen LogP contribution is 2.23. The first-order chi connectivity index (χ1) is 11.2. The van der Waals surface area contributed by atoms with Gasteiger partial charge in [-0.1, -0.05) is 56.1 Å². The maximum absolute atomic E-state index is 12.2. The number of rotatable bonds is 3. The van der Waals surface area contributed by atoms with Crippen LogP contribution in [0.25, 0.3) is 0 Å². The predicted molar refractivity (Wildman–Crippen MR) is 101 cm³/mol. The fourth-order valence-electron chi connectivity index (χ4n) is 2.16. The molecule has 0 saturated carbocycles. The lowest BCUT2D eigenvalue weighted by Gasteiger charge is -2.18. The van der Waals surface area contributed by atoms with Crippen LogP contribution >= 0.6 is 23.2 Å². The maximum Gasteiger partial charge on any atom is 0.271 e. The van der Waals surface area contributed by atoms with E-state index in [0.29, 0.717) is 26.9 Å². The van der Waals surface area contributed by atoms with Crippen molar-refractivity contribution >= 4 is 34.8 Å². The van der Waals surface area contributed by atoms with Crippen molar-refractivity contribution in [2.45, 2.75) is 33.1 Å². The van der Waals surface area contributed by atoms with Gasteiger partial charge in [-0.15, -0.1) is 0 Å². The summed E-state index contributed by atoms with van der Waals surface area (Å²) in [4.78, 5) is 12.2. The molecule has 1 amide bonds. The number of carbonyl (C=O) groups excluding carboxylic acids is 1. The van der Waals surface area contributed by atoms with Gasteiger partial charge >= 0.3 is 0 Å². The van der Waals surface area contributed by atoms with Crippen molar-refractivity contribution in [2.75, 3.05) is 0 Å². The molecule has 0 radical (unpaired) electrons. The molecule has 0 aromatic heterocycles. The van der Waals surface area contributed by atoms with E-state index in [1.807, 2.05) is 12.1 Å². The largest absolute Gasteiger partial charge is 0.271 e. The molecule has 0 fully saturated rings. The highest BCUT2D eigenvalue weighted by molar-refractivity contribution is 6.36. The van der Waals surface area contributed by atoms with Crippen LogP contribution in [0.3, 0.4) is 0 Å². The third-order valence-electron chi connectivity index (χ3n) is 3.66. The Morgan fingerprint density at radius 3 is 2.25 bits per heavy atom. The topological polar surface area (TPSA) is 41.5 Å². The van der Waals surface area contributed by atoms with Crippen LogP contribution in [0, 0.1) is 0 Å². The van der Waals surface area contributed by atoms with Crippen LogP contribution in [0.5, 0.6) is 0 Å². The van der Waals surface area contributed by atoms with Gasteiger partial charge in [-0.25, -0.2) is 5.43 Å². The average Bonchev–Trinajstić information content (AvgIpc) is 2.53. The Hall–Kier alpha value is -1.84. The van der Waals surface area contributed by atoms with E-state index in [2.05, 4.69) is 31.3 Å². The lowest BCUT2D eigenvalue weighted by molar-refractivity contribution is 0.0955. The fraction of sp³-hybridized carbons (Fsp3) is 0.263. The summed E-state index contributed by atoms with van der Waals surface area (Å²) in [6.45, 7) is 8.15. The number of hydrazone groups is 1. The highest BCUT2D eigenvalue weighted by Gasteiger charge is 2.14. The molecule has 0 unspecified atom stereocenters. The molecule has 5 heteroatoms. The van der Waals surface area contributed by atoms with Gasteiger partial charge in [-0.2, -0.15) is 5.10 Å². The molecule has 2 aromatic carbocycles. The molecule has 0 aliphatic carbocycles. The molecule has 2 aromatic rings. The fourth-order valence-corrected chi connectivity index (χ4v) is 2.58. The van der Waals surface area contributed by atoms with Crippen LogP contribution in [-0.4, -0.2) is 11.6 Å². The molecule has 0 aliphatic heterocycles. The van der Waals surface area contributed by atoms with Gasteiger partial charge in [-0.3, -0.25) is 4.79 Å². The maximum atomic E-state index is 12.2. The van der Waals surface area contributed by atoms with Crippen molar-refractivity contribution in [1.82, 2.24) is 5.43 Å². The SMILES string of the molecule is C/C(=N/NC(=O)c1ccc(C(C)(C)C)cc1)c1cc(Cl)ccc1Cl. The second kappa shape index (κ2) is 7.37. The number of amides is 1. The molecule has 3 nitrogen and oxygen atoms in total. The molecule has 0 bridgehead atoms. The number of hydrogen-bond acceptors (Lipinski definition) is 2. The van der Waals surface area contributed by atoms with E-state index < -0.39 is 0 Å². The molecule has 0 atom stereocenters. The Morgan fingerprint density at radius 2 is 1.67 bits per heavy atom. The third kappa shape index (κ3) is 4.59. The molecule has 0 saturated heterocycles. The van der Waals surface area contributed by atoms with Crippen molar-refractivity contribution < 1.29 is 4.79 Å². The molecular formula is C19H20Cl2N2O. The van der Waals surface area contributed by atoms with Crippen LogP contribution < -0.4 is 5.43 Å². The van der Waals surface area contributed by atoms with Crippen molar-refractivity contribution in [2.24, 2.45) is 5.10 Å². The van der Waals surface area contributed by atoms with Crippen molar-refractivity contribution in [3.8, 4) is 0 Å². The Kier molecular flexibility index (Phi) is 5.68. The monoisotopic (exact) mass is 362 g/mol. The van der Waals surface area contributed by atoms with Crippen LogP contribution in [0.15, 0.2) is 47.6 Å². The van der Waals surface area contributed by atoms with E-state index in [1.54, 1.807) is 37.3 Å². The van der Waals surface area contributed by atoms with Crippen LogP contribution in [0.2, 0.25) is 10.0 Å². The summed E-state index contributed by atoms with van der Waals surface area (Å²) in [7, 11) is 0. The number of halogens is 2. The Labute approximate surface area is 152 Å². The summed E-state index contributed by atoms with van der Waals surface area (Å²) < 4.78 is 0. The average molecular weight is 363 g/mol. The van der Waals surface area contributed by atoms with E-state index in [0.717, 1.165) is 0 Å². The molecule has 1 N–H and O–H groups in total. The van der Waals surface area contributed by atoms with E-state index in [-0.39, 0.29) is 11.3 Å². The summed E-state index contributed by atoms with van der Waals surface area (Å²) in [5.74, 6) is -0.270. The zero-order chi connectivity index (χ0) is 17.9. The summed E-state index contributed by atoms with van der Waals surface area (Å²) in [6, 6.07) is 12.6. The summed E-state index contributed by atoms with van der Waals surface area (Å²) >= 11 is 12.1. The van der Waals surface area contributed by atoms with Crippen molar-refractivity contribution in [1.29, 1.82) is 0 Å². The zero-order valence-electron chi connectivity index (χ0n) is 14.2. The summed E-state index contributed by atoms with van der Waals surface area (Å²) in [5, 5.41) is 5.21. The van der Waals surface area contributed by atoms with Gasteiger partial charge in [0.1, 0.15) is 0 Å². The van der Waals surface area contributed by atoms with Gasteiger partial charge in [0.05, 0.1) is 5.71 Å². The summed E-state index contributed by atoms with van der Waals surface area (Å²) in [6.07, 6.45) is 0. The molecule has 2 rings (SSSR count). The zero-order valence-corrected chi connectivity index (χ0v) is 15.7. The Morgan fingerprint density at radius 1 is 1.04 bits per heavy atom. The third-order valence-corrected chi connectivity index (χ3v) is 4.22. The second-order valence-corrected chi connectivity index (χ2v) is 7.43. The van der Waals surface area contributed by atoms with E-state index in [4.69, 9.17) is 23.2 Å². The lowest BCUT2D eigenvalue weighted by atomic mass is 9.87. The standard InChI is InChI=1S/C19H20Cl2N2O/c1-12(16-11-15(20)9-10-17(16)21)22-23-18(24)13-5-7-14(8-6-13)19(2,3)4/h5-11H,1-4H3,(H,23,24)/b22-12-. The van der Waals surface area contributed by atoms with Crippen LogP contribution in [0.1, 0.15) is 49.2 Å². The van der Waals surface area contributed by atoms with Gasteiger partial charge in [0.2, 0.25) is 0 Å². The second-order valence-electron chi connectivity index (χ2n) is 6.59. The molecule has 0 heterocycles. The number of nitrogens with zero attached hydrogens (tertiary/aromatic N) is 1. The van der Waals surface area contributed by atoms with Gasteiger partial charge in [0.15, 0.2) is 0 Å². The van der Waals surface area contributed by atoms with Crippen LogP contribution in [0.4, 0.5) is 0 Å². The van der Waals surface area contributed by atoms with E-state index in [9.17, 15) is 4.79 Å². The highest BCUT2D eigenvalue weighted by atomic mass is 35.5. The van der Waals surface area contributed by atoms with Gasteiger partial charge in [0.25, 0.3) is 5.91 Å². The first-order valence-corrected chi connectivity index (χ1v) is 8.34. The number of nitrogens with one attached hydrogen (secondary N) is 1. The van der Waals surface area contributed by atoms with Gasteiger partial charge in [-0.05, 0) is 48.2 Å². The van der Waals surface area contributed by atoms with Gasteiger partial charge in [0, 0.05) is 21.2 Å². The lowest BCUT2D eigenvalue weighted by Crippen LogP contribution is -2.20. The van der Waals surface area contributed by atoms with E-state index >= 15 is 0 Å². The molecule has 126 valence electrons. The van der Waals surface area contributed by atoms with E-state index in [1.165, 1.54) is 5.56 Å². The molecule has 0 spiro atoms. The quantitative estimate of drug-likeness (QED) is 0.572. The Bertz CT molecular complexity index is 775. The minimum atomic E-state index is -0.270. The minimum Gasteiger partial charge on any atom is -0.267 e. The van der Waals surface area contributed by atoms with Crippen molar-refractivity contribution in [3.63, 3.8) is 0 Å². The summed E-state index contributed by atoms with van der Waals surface area (Å²) in [5.41, 5.74) is 5.59. The Balaban J connectivity index is 2.13. The number of carbonyl (C=O) groups is 1. The van der Waals surface area contributed by atoms with Crippen molar-refractivity contribution in [3.05, 3.63) is 69.2 Å². The normalized spacial score (nSPS) is 12.2. The molecule has 24 heavy (non-hydrogen) atoms. The smallest absolute Gasteiger partial charge is 0.267 e. The van der Waals surface area contributed by atoms with Crippen LogP contribution in [-0.2, 0) is 5.41 Å². The first kappa shape index (κ1) is 18.5. The minimum absolute atomic E-state index is 0.0487. The number of hydrogen-bond donors (Lipinski definition) is 1. The number of benzene rings is 2. The molecule has 0 aliphatic rings. The molecular weight excluding hydrogens is 343 g/mol. The predicted octanol–water partition coefficient (Wildman–Crippen LogP) is 5.44. The van der Waals surface area contributed by atoms with Gasteiger partial charge < -0.3 is 0 Å².